The van der Waals surface area contributed by atoms with Crippen molar-refractivity contribution in [1.82, 2.24) is 0 Å². The fraction of sp³-hybridized carbons (Fsp3) is 0.0233. The van der Waals surface area contributed by atoms with E-state index in [1.165, 1.54) is 38.9 Å². The quantitative estimate of drug-likeness (QED) is 0.155. The summed E-state index contributed by atoms with van der Waals surface area (Å²) < 4.78 is 25.8. The maximum atomic E-state index is 6.66. The highest BCUT2D eigenvalue weighted by molar-refractivity contribution is 6.30. The second-order valence-electron chi connectivity index (χ2n) is 23.2. The lowest BCUT2D eigenvalue weighted by molar-refractivity contribution is 0.360. The number of halogens is 1. The van der Waals surface area contributed by atoms with E-state index in [9.17, 15) is 0 Å². The summed E-state index contributed by atoms with van der Waals surface area (Å²) in [6.45, 7) is 0. The number of rotatable bonds is 9. The predicted molar refractivity (Wildman–Crippen MR) is 377 cm³/mol. The zero-order valence-electron chi connectivity index (χ0n) is 50.4. The molecule has 14 aromatic carbocycles. The molecular formula is C86H59ClN2O4. The predicted octanol–water partition coefficient (Wildman–Crippen LogP) is 23.4. The summed E-state index contributed by atoms with van der Waals surface area (Å²) >= 11 is 6.32. The van der Waals surface area contributed by atoms with Crippen LogP contribution in [-0.4, -0.2) is 0 Å². The molecule has 444 valence electrons. The molecule has 93 heavy (non-hydrogen) atoms. The third kappa shape index (κ3) is 9.92. The molecule has 0 fully saturated rings. The molecule has 2 aliphatic heterocycles. The molecule has 0 bridgehead atoms. The molecular weight excluding hydrogens is 1160 g/mol. The molecule has 0 aromatic heterocycles. The van der Waals surface area contributed by atoms with Gasteiger partial charge in [0.15, 0.2) is 46.0 Å². The monoisotopic (exact) mass is 1220 g/mol. The van der Waals surface area contributed by atoms with E-state index in [2.05, 4.69) is 235 Å². The van der Waals surface area contributed by atoms with Crippen LogP contribution in [0.4, 0.5) is 28.4 Å². The molecule has 2 unspecified atom stereocenters. The first-order valence-corrected chi connectivity index (χ1v) is 31.6. The Balaban J connectivity index is 0.000000127. The van der Waals surface area contributed by atoms with Crippen molar-refractivity contribution in [1.29, 1.82) is 0 Å². The first kappa shape index (κ1) is 56.4. The summed E-state index contributed by atoms with van der Waals surface area (Å²) in [4.78, 5) is 2.30. The van der Waals surface area contributed by atoms with Crippen molar-refractivity contribution in [3.05, 3.63) is 401 Å². The van der Waals surface area contributed by atoms with Gasteiger partial charge in [-0.2, -0.15) is 0 Å². The van der Waals surface area contributed by atoms with E-state index in [0.29, 0.717) is 0 Å². The number of fused-ring (bicyclic) bond motifs is 12. The Morgan fingerprint density at radius 1 is 0.247 bits per heavy atom. The molecule has 18 rings (SSSR count). The molecule has 2 heterocycles. The molecule has 0 amide bonds. The summed E-state index contributed by atoms with van der Waals surface area (Å²) in [5.74, 6) is 5.89. The Labute approximate surface area is 546 Å². The van der Waals surface area contributed by atoms with E-state index in [4.69, 9.17) is 30.5 Å². The smallest absolute Gasteiger partial charge is 0.178 e. The molecule has 4 aliphatic rings. The van der Waals surface area contributed by atoms with Gasteiger partial charge in [-0.3, -0.25) is 0 Å². The van der Waals surface area contributed by atoms with Crippen LogP contribution in [-0.2, 0) is 10.8 Å². The van der Waals surface area contributed by atoms with Gasteiger partial charge >= 0.3 is 0 Å². The van der Waals surface area contributed by atoms with Crippen molar-refractivity contribution in [2.75, 3.05) is 10.2 Å². The SMILES string of the molecule is Clc1ccc(C2(c3ccccc3)c3ccccc3-c3c2ccc2c3Oc3ccccc3O2)cc1.c1ccc(N(c2ccccc2)c2ccc(C3(c4ccccc4)c4ccccc4-c4c3ccc3c4Oc4ccccc4O3)cc2)cc1.c1ccc(Nc2ccccc2)cc1. The lowest BCUT2D eigenvalue weighted by atomic mass is 9.67. The fourth-order valence-electron chi connectivity index (χ4n) is 14.0. The van der Waals surface area contributed by atoms with E-state index >= 15 is 0 Å². The number of hydrogen-bond acceptors (Lipinski definition) is 6. The first-order chi connectivity index (χ1) is 46.0. The molecule has 6 nitrogen and oxygen atoms in total. The number of nitrogens with zero attached hydrogens (tertiary/aromatic N) is 1. The van der Waals surface area contributed by atoms with Crippen LogP contribution < -0.4 is 29.2 Å². The van der Waals surface area contributed by atoms with Crippen LogP contribution >= 0.6 is 11.6 Å². The third-order valence-corrected chi connectivity index (χ3v) is 18.2. The molecule has 7 heteroatoms. The van der Waals surface area contributed by atoms with E-state index in [1.807, 2.05) is 127 Å². The van der Waals surface area contributed by atoms with E-state index in [0.717, 1.165) is 107 Å². The minimum Gasteiger partial charge on any atom is -0.449 e. The molecule has 2 aliphatic carbocycles. The van der Waals surface area contributed by atoms with Gasteiger partial charge in [-0.25, -0.2) is 0 Å². The normalized spacial score (nSPS) is 15.2. The van der Waals surface area contributed by atoms with Crippen LogP contribution in [0, 0.1) is 0 Å². The van der Waals surface area contributed by atoms with Gasteiger partial charge in [0.05, 0.1) is 10.8 Å². The zero-order valence-corrected chi connectivity index (χ0v) is 51.2. The number of ether oxygens (including phenoxy) is 4. The van der Waals surface area contributed by atoms with E-state index in [-0.39, 0.29) is 0 Å². The molecule has 0 spiro atoms. The minimum absolute atomic E-state index is 0.507. The Hall–Kier alpha value is -11.8. The summed E-state index contributed by atoms with van der Waals surface area (Å²) in [6, 6.07) is 122. The van der Waals surface area contributed by atoms with Gasteiger partial charge in [0.25, 0.3) is 0 Å². The second kappa shape index (κ2) is 24.2. The summed E-state index contributed by atoms with van der Waals surface area (Å²) in [5.41, 5.74) is 18.5. The van der Waals surface area contributed by atoms with Crippen LogP contribution in [0.1, 0.15) is 44.5 Å². The van der Waals surface area contributed by atoms with Crippen LogP contribution in [0.25, 0.3) is 22.3 Å². The maximum absolute atomic E-state index is 6.66. The molecule has 0 radical (unpaired) electrons. The standard InChI is InChI=1S/C43H29NO2.C31H19ClO2.C12H11N/c1-4-14-30(15-5-1)43(31-24-26-34(27-25-31)44(32-16-6-2-7-17-32)33-18-8-3-9-19-33)36-21-11-10-20-35(36)41-37(43)28-29-40-42(41)46-39-23-13-12-22-38(39)45-40;32-22-16-14-21(15-17-22)31(20-8-2-1-3-9-20)24-11-5-4-10-23(24)29-25(31)18-19-28-30(29)34-27-13-7-6-12-26(27)33-28;1-3-7-11(8-4-1)13-12-9-5-2-6-10-12/h1-29H;1-19H;1-10,13H. The van der Waals surface area contributed by atoms with Gasteiger partial charge in [0, 0.05) is 44.6 Å². The lowest BCUT2D eigenvalue weighted by Gasteiger charge is -2.35. The lowest BCUT2D eigenvalue weighted by Crippen LogP contribution is -2.28. The van der Waals surface area contributed by atoms with Crippen molar-refractivity contribution < 1.29 is 18.9 Å². The molecule has 14 aromatic rings. The Bertz CT molecular complexity index is 4920. The fourth-order valence-corrected chi connectivity index (χ4v) is 14.1. The van der Waals surface area contributed by atoms with Crippen LogP contribution in [0.15, 0.2) is 352 Å². The van der Waals surface area contributed by atoms with Crippen LogP contribution in [0.5, 0.6) is 46.0 Å². The summed E-state index contributed by atoms with van der Waals surface area (Å²) in [7, 11) is 0. The third-order valence-electron chi connectivity index (χ3n) is 17.9. The summed E-state index contributed by atoms with van der Waals surface area (Å²) in [5, 5.41) is 4.02. The maximum Gasteiger partial charge on any atom is 0.178 e. The van der Waals surface area contributed by atoms with Crippen molar-refractivity contribution >= 4 is 40.0 Å². The van der Waals surface area contributed by atoms with Gasteiger partial charge in [-0.15, -0.1) is 0 Å². The highest BCUT2D eigenvalue weighted by Crippen LogP contribution is 2.64. The highest BCUT2D eigenvalue weighted by Gasteiger charge is 2.50. The van der Waals surface area contributed by atoms with Crippen molar-refractivity contribution in [3.8, 4) is 68.2 Å². The first-order valence-electron chi connectivity index (χ1n) is 31.2. The average molecular weight is 1220 g/mol. The van der Waals surface area contributed by atoms with Crippen molar-refractivity contribution in [2.45, 2.75) is 10.8 Å². The summed E-state index contributed by atoms with van der Waals surface area (Å²) in [6.07, 6.45) is 0. The molecule has 2 atom stereocenters. The largest absolute Gasteiger partial charge is 0.449 e. The second-order valence-corrected chi connectivity index (χ2v) is 23.6. The van der Waals surface area contributed by atoms with Gasteiger partial charge in [0.2, 0.25) is 0 Å². The van der Waals surface area contributed by atoms with E-state index in [1.54, 1.807) is 0 Å². The van der Waals surface area contributed by atoms with Crippen LogP contribution in [0.3, 0.4) is 0 Å². The Kier molecular flexibility index (Phi) is 14.7. The zero-order chi connectivity index (χ0) is 62.1. The Morgan fingerprint density at radius 3 is 0.968 bits per heavy atom. The topological polar surface area (TPSA) is 52.2 Å². The van der Waals surface area contributed by atoms with Crippen molar-refractivity contribution in [3.63, 3.8) is 0 Å². The van der Waals surface area contributed by atoms with E-state index < -0.39 is 10.8 Å². The number of hydrogen-bond donors (Lipinski definition) is 1. The number of para-hydroxylation sites is 8. The van der Waals surface area contributed by atoms with Gasteiger partial charge in [-0.1, -0.05) is 254 Å². The Morgan fingerprint density at radius 2 is 0.559 bits per heavy atom. The number of anilines is 5. The molecule has 0 saturated heterocycles. The number of benzene rings is 14. The molecule has 1 N–H and O–H groups in total. The van der Waals surface area contributed by atoms with Gasteiger partial charge in [0.1, 0.15) is 0 Å². The number of nitrogens with one attached hydrogen (secondary N) is 1. The van der Waals surface area contributed by atoms with Crippen molar-refractivity contribution in [2.24, 2.45) is 0 Å². The van der Waals surface area contributed by atoms with Gasteiger partial charge < -0.3 is 29.2 Å². The molecule has 0 saturated carbocycles. The van der Waals surface area contributed by atoms with Gasteiger partial charge in [-0.05, 0) is 165 Å². The average Bonchev–Trinajstić information content (AvgIpc) is 1.55. The minimum atomic E-state index is -0.564. The van der Waals surface area contributed by atoms with Crippen LogP contribution in [0.2, 0.25) is 5.02 Å². The highest BCUT2D eigenvalue weighted by atomic mass is 35.5.